The molecule has 5 heteroatoms. The van der Waals surface area contributed by atoms with Crippen LogP contribution in [0.15, 0.2) is 30.3 Å². The van der Waals surface area contributed by atoms with E-state index in [1.54, 1.807) is 0 Å². The van der Waals surface area contributed by atoms with E-state index in [2.05, 4.69) is 17.0 Å². The molecule has 5 nitrogen and oxygen atoms in total. The smallest absolute Gasteiger partial charge is 0.240 e. The average Bonchev–Trinajstić information content (AvgIpc) is 3.23. The summed E-state index contributed by atoms with van der Waals surface area (Å²) in [5.74, 6) is 0.942. The van der Waals surface area contributed by atoms with Gasteiger partial charge in [0, 0.05) is 45.7 Å². The van der Waals surface area contributed by atoms with Crippen LogP contribution in [0.3, 0.4) is 0 Å². The molecule has 3 rings (SSSR count). The number of carbonyl (C=O) groups is 2. The largest absolute Gasteiger partial charge is 0.340 e. The van der Waals surface area contributed by atoms with Crippen molar-refractivity contribution in [3.05, 3.63) is 35.9 Å². The maximum absolute atomic E-state index is 13.5. The lowest BCUT2D eigenvalue weighted by molar-refractivity contribution is -0.142. The van der Waals surface area contributed by atoms with Crippen molar-refractivity contribution in [1.82, 2.24) is 14.7 Å². The molecule has 1 saturated heterocycles. The van der Waals surface area contributed by atoms with Crippen LogP contribution in [-0.4, -0.2) is 65.8 Å². The Morgan fingerprint density at radius 1 is 1.04 bits per heavy atom. The fourth-order valence-electron chi connectivity index (χ4n) is 4.68. The van der Waals surface area contributed by atoms with Gasteiger partial charge in [-0.1, -0.05) is 57.0 Å². The molecule has 1 atom stereocenters. The Labute approximate surface area is 169 Å². The van der Waals surface area contributed by atoms with Crippen LogP contribution in [0, 0.1) is 11.8 Å². The van der Waals surface area contributed by atoms with Gasteiger partial charge in [0.15, 0.2) is 0 Å². The monoisotopic (exact) mass is 385 g/mol. The van der Waals surface area contributed by atoms with Gasteiger partial charge in [0.25, 0.3) is 0 Å². The molecule has 0 spiro atoms. The highest BCUT2D eigenvalue weighted by Gasteiger charge is 2.38. The van der Waals surface area contributed by atoms with E-state index >= 15 is 0 Å². The molecule has 1 aromatic rings. The van der Waals surface area contributed by atoms with Crippen molar-refractivity contribution in [2.24, 2.45) is 11.8 Å². The standard InChI is InChI=1S/C23H35N3O2/c1-18(2)22(27)26-15-13-25(14-16-26)21(20-11-7-8-12-20)23(28)24(3)17-19-9-5-4-6-10-19/h4-6,9-10,18,20-21H,7-8,11-17H2,1-3H3. The van der Waals surface area contributed by atoms with Crippen LogP contribution in [0.5, 0.6) is 0 Å². The predicted octanol–water partition coefficient (Wildman–Crippen LogP) is 3.00. The van der Waals surface area contributed by atoms with Gasteiger partial charge in [0.05, 0.1) is 6.04 Å². The molecule has 1 aliphatic carbocycles. The molecule has 2 aliphatic rings. The molecule has 0 N–H and O–H groups in total. The van der Waals surface area contributed by atoms with Crippen LogP contribution in [-0.2, 0) is 16.1 Å². The summed E-state index contributed by atoms with van der Waals surface area (Å²) in [6, 6.07) is 10.1. The van der Waals surface area contributed by atoms with Gasteiger partial charge in [-0.05, 0) is 24.3 Å². The highest BCUT2D eigenvalue weighted by atomic mass is 16.2. The minimum absolute atomic E-state index is 0.0378. The lowest BCUT2D eigenvalue weighted by Gasteiger charge is -2.42. The summed E-state index contributed by atoms with van der Waals surface area (Å²) in [5, 5.41) is 0. The third-order valence-electron chi connectivity index (χ3n) is 6.25. The summed E-state index contributed by atoms with van der Waals surface area (Å²) in [6.45, 7) is 7.62. The Balaban J connectivity index is 1.67. The van der Waals surface area contributed by atoms with E-state index in [1.807, 2.05) is 48.9 Å². The molecule has 2 fully saturated rings. The third-order valence-corrected chi connectivity index (χ3v) is 6.25. The van der Waals surface area contributed by atoms with Crippen molar-refractivity contribution < 1.29 is 9.59 Å². The van der Waals surface area contributed by atoms with Gasteiger partial charge >= 0.3 is 0 Å². The molecule has 1 aromatic carbocycles. The number of piperazine rings is 1. The second-order valence-electron chi connectivity index (χ2n) is 8.69. The number of carbonyl (C=O) groups excluding carboxylic acids is 2. The van der Waals surface area contributed by atoms with E-state index in [-0.39, 0.29) is 23.8 Å². The lowest BCUT2D eigenvalue weighted by atomic mass is 9.94. The summed E-state index contributed by atoms with van der Waals surface area (Å²) in [4.78, 5) is 32.0. The van der Waals surface area contributed by atoms with E-state index in [1.165, 1.54) is 12.8 Å². The normalized spacial score (nSPS) is 19.8. The SMILES string of the molecule is CC(C)C(=O)N1CCN(C(C(=O)N(C)Cc2ccccc2)C2CCCC2)CC1. The molecule has 1 heterocycles. The zero-order chi connectivity index (χ0) is 20.1. The van der Waals surface area contributed by atoms with Gasteiger partial charge < -0.3 is 9.80 Å². The highest BCUT2D eigenvalue weighted by molar-refractivity contribution is 5.82. The Bertz CT molecular complexity index is 647. The summed E-state index contributed by atoms with van der Waals surface area (Å²) in [5.41, 5.74) is 1.16. The molecule has 154 valence electrons. The number of amides is 2. The van der Waals surface area contributed by atoms with Gasteiger partial charge in [-0.25, -0.2) is 0 Å². The molecule has 2 amide bonds. The Morgan fingerprint density at radius 3 is 2.21 bits per heavy atom. The van der Waals surface area contributed by atoms with Crippen LogP contribution in [0.2, 0.25) is 0 Å². The zero-order valence-corrected chi connectivity index (χ0v) is 17.6. The van der Waals surface area contributed by atoms with Gasteiger partial charge in [-0.2, -0.15) is 0 Å². The summed E-state index contributed by atoms with van der Waals surface area (Å²) < 4.78 is 0. The summed E-state index contributed by atoms with van der Waals surface area (Å²) in [6.07, 6.45) is 4.73. The average molecular weight is 386 g/mol. The first-order valence-electron chi connectivity index (χ1n) is 10.8. The van der Waals surface area contributed by atoms with Crippen LogP contribution >= 0.6 is 0 Å². The van der Waals surface area contributed by atoms with Gasteiger partial charge in [0.2, 0.25) is 11.8 Å². The molecule has 0 aromatic heterocycles. The first kappa shape index (κ1) is 20.8. The van der Waals surface area contributed by atoms with Crippen molar-refractivity contribution >= 4 is 11.8 Å². The highest BCUT2D eigenvalue weighted by Crippen LogP contribution is 2.32. The number of nitrogens with zero attached hydrogens (tertiary/aromatic N) is 3. The maximum atomic E-state index is 13.5. The molecule has 28 heavy (non-hydrogen) atoms. The van der Waals surface area contributed by atoms with Crippen molar-refractivity contribution in [2.75, 3.05) is 33.2 Å². The molecular formula is C23H35N3O2. The Morgan fingerprint density at radius 2 is 1.64 bits per heavy atom. The topological polar surface area (TPSA) is 43.9 Å². The molecule has 0 bridgehead atoms. The van der Waals surface area contributed by atoms with Crippen molar-refractivity contribution in [1.29, 1.82) is 0 Å². The number of rotatable bonds is 6. The van der Waals surface area contributed by atoms with E-state index in [4.69, 9.17) is 0 Å². The molecule has 1 aliphatic heterocycles. The van der Waals surface area contributed by atoms with Crippen LogP contribution < -0.4 is 0 Å². The number of benzene rings is 1. The quantitative estimate of drug-likeness (QED) is 0.756. The Hall–Kier alpha value is -1.88. The maximum Gasteiger partial charge on any atom is 0.240 e. The van der Waals surface area contributed by atoms with Gasteiger partial charge in [0.1, 0.15) is 0 Å². The predicted molar refractivity (Wildman–Crippen MR) is 112 cm³/mol. The zero-order valence-electron chi connectivity index (χ0n) is 17.6. The Kier molecular flexibility index (Phi) is 7.11. The second-order valence-corrected chi connectivity index (χ2v) is 8.69. The van der Waals surface area contributed by atoms with E-state index in [0.29, 0.717) is 12.5 Å². The molecule has 1 saturated carbocycles. The van der Waals surface area contributed by atoms with Crippen molar-refractivity contribution in [3.63, 3.8) is 0 Å². The van der Waals surface area contributed by atoms with Crippen LogP contribution in [0.4, 0.5) is 0 Å². The van der Waals surface area contributed by atoms with Gasteiger partial charge in [-0.15, -0.1) is 0 Å². The number of hydrogen-bond acceptors (Lipinski definition) is 3. The summed E-state index contributed by atoms with van der Waals surface area (Å²) in [7, 11) is 1.93. The fraction of sp³-hybridized carbons (Fsp3) is 0.652. The van der Waals surface area contributed by atoms with E-state index < -0.39 is 0 Å². The minimum Gasteiger partial charge on any atom is -0.340 e. The molecule has 1 unspecified atom stereocenters. The summed E-state index contributed by atoms with van der Waals surface area (Å²) >= 11 is 0. The first-order valence-corrected chi connectivity index (χ1v) is 10.8. The number of likely N-dealkylation sites (N-methyl/N-ethyl adjacent to an activating group) is 1. The van der Waals surface area contributed by atoms with Crippen molar-refractivity contribution in [3.8, 4) is 0 Å². The van der Waals surface area contributed by atoms with Crippen molar-refractivity contribution in [2.45, 2.75) is 52.1 Å². The number of hydrogen-bond donors (Lipinski definition) is 0. The second kappa shape index (κ2) is 9.55. The van der Waals surface area contributed by atoms with Gasteiger partial charge in [-0.3, -0.25) is 14.5 Å². The van der Waals surface area contributed by atoms with Crippen LogP contribution in [0.25, 0.3) is 0 Å². The molecule has 0 radical (unpaired) electrons. The minimum atomic E-state index is -0.0486. The van der Waals surface area contributed by atoms with E-state index in [9.17, 15) is 9.59 Å². The fourth-order valence-corrected chi connectivity index (χ4v) is 4.68. The lowest BCUT2D eigenvalue weighted by Crippen LogP contribution is -2.58. The van der Waals surface area contributed by atoms with E-state index in [0.717, 1.165) is 44.6 Å². The first-order chi connectivity index (χ1) is 13.5. The van der Waals surface area contributed by atoms with Crippen LogP contribution in [0.1, 0.15) is 45.1 Å². The molecular weight excluding hydrogens is 350 g/mol. The third kappa shape index (κ3) is 4.93.